The van der Waals surface area contributed by atoms with E-state index in [9.17, 15) is 18.0 Å². The van der Waals surface area contributed by atoms with Gasteiger partial charge < -0.3 is 10.4 Å². The Kier molecular flexibility index (Phi) is 5.48. The maximum atomic E-state index is 12.1. The number of hydrogen-bond donors (Lipinski definition) is 2. The van der Waals surface area contributed by atoms with Crippen LogP contribution in [0.15, 0.2) is 23.1 Å². The minimum atomic E-state index is -3.86. The van der Waals surface area contributed by atoms with Crippen LogP contribution in [0.25, 0.3) is 0 Å². The molecule has 0 bridgehead atoms. The van der Waals surface area contributed by atoms with E-state index < -0.39 is 27.5 Å². The summed E-state index contributed by atoms with van der Waals surface area (Å²) in [4.78, 5) is 22.6. The molecule has 2 N–H and O–H groups in total. The molecule has 0 aliphatic heterocycles. The summed E-state index contributed by atoms with van der Waals surface area (Å²) in [6.45, 7) is 5.23. The van der Waals surface area contributed by atoms with Gasteiger partial charge in [-0.3, -0.25) is 4.79 Å². The molecule has 0 saturated carbocycles. The second kappa shape index (κ2) is 6.71. The van der Waals surface area contributed by atoms with Crippen molar-refractivity contribution in [1.29, 1.82) is 0 Å². The highest BCUT2D eigenvalue weighted by Gasteiger charge is 2.22. The largest absolute Gasteiger partial charge is 0.478 e. The molecule has 0 spiro atoms. The third-order valence-corrected chi connectivity index (χ3v) is 4.44. The number of benzene rings is 1. The first kappa shape index (κ1) is 17.2. The summed E-state index contributed by atoms with van der Waals surface area (Å²) in [6, 6.07) is 3.75. The van der Waals surface area contributed by atoms with Crippen molar-refractivity contribution in [3.8, 4) is 0 Å². The highest BCUT2D eigenvalue weighted by atomic mass is 32.2. The van der Waals surface area contributed by atoms with E-state index in [0.717, 1.165) is 6.07 Å². The Bertz CT molecular complexity index is 649. The first-order valence-electron chi connectivity index (χ1n) is 6.55. The summed E-state index contributed by atoms with van der Waals surface area (Å²) in [5, 5.41) is 11.6. The lowest BCUT2D eigenvalue weighted by Crippen LogP contribution is -2.35. The summed E-state index contributed by atoms with van der Waals surface area (Å²) in [7, 11) is -3.86. The van der Waals surface area contributed by atoms with E-state index in [1.54, 1.807) is 20.8 Å². The lowest BCUT2D eigenvalue weighted by atomic mass is 10.1. The SMILES string of the molecule is CCc1ccc(S(=O)(=O)CC(=O)NC(C)C)cc1C(=O)O. The van der Waals surface area contributed by atoms with Gasteiger partial charge in [0.25, 0.3) is 0 Å². The van der Waals surface area contributed by atoms with Crippen molar-refractivity contribution in [3.05, 3.63) is 29.3 Å². The fraction of sp³-hybridized carbons (Fsp3) is 0.429. The van der Waals surface area contributed by atoms with Gasteiger partial charge in [-0.05, 0) is 38.0 Å². The van der Waals surface area contributed by atoms with Crippen LogP contribution in [0.5, 0.6) is 0 Å². The van der Waals surface area contributed by atoms with Crippen molar-refractivity contribution < 1.29 is 23.1 Å². The lowest BCUT2D eigenvalue weighted by Gasteiger charge is -2.10. The zero-order valence-corrected chi connectivity index (χ0v) is 13.0. The normalized spacial score (nSPS) is 11.4. The number of nitrogens with one attached hydrogen (secondary N) is 1. The van der Waals surface area contributed by atoms with Crippen LogP contribution in [0.4, 0.5) is 0 Å². The molecule has 0 atom stereocenters. The minimum absolute atomic E-state index is 0.0529. The van der Waals surface area contributed by atoms with E-state index >= 15 is 0 Å². The van der Waals surface area contributed by atoms with Crippen molar-refractivity contribution in [2.45, 2.75) is 38.1 Å². The molecule has 6 nitrogen and oxygen atoms in total. The third kappa shape index (κ3) is 4.56. The van der Waals surface area contributed by atoms with Crippen LogP contribution < -0.4 is 5.32 Å². The van der Waals surface area contributed by atoms with E-state index in [4.69, 9.17) is 5.11 Å². The molecule has 1 aromatic carbocycles. The van der Waals surface area contributed by atoms with Gasteiger partial charge in [-0.15, -0.1) is 0 Å². The van der Waals surface area contributed by atoms with Crippen LogP contribution in [0.2, 0.25) is 0 Å². The molecular weight excluding hydrogens is 294 g/mol. The van der Waals surface area contributed by atoms with Crippen LogP contribution in [-0.4, -0.2) is 37.2 Å². The Balaban J connectivity index is 3.12. The van der Waals surface area contributed by atoms with Crippen molar-refractivity contribution in [2.75, 3.05) is 5.75 Å². The maximum Gasteiger partial charge on any atom is 0.336 e. The Labute approximate surface area is 124 Å². The number of sulfone groups is 1. The standard InChI is InChI=1S/C14H19NO5S/c1-4-10-5-6-11(7-12(10)14(17)18)21(19,20)8-13(16)15-9(2)3/h5-7,9H,4,8H2,1-3H3,(H,15,16)(H,17,18). The van der Waals surface area contributed by atoms with Gasteiger partial charge in [0.2, 0.25) is 5.91 Å². The number of carbonyl (C=O) groups is 2. The number of amides is 1. The monoisotopic (exact) mass is 313 g/mol. The smallest absolute Gasteiger partial charge is 0.336 e. The average Bonchev–Trinajstić information content (AvgIpc) is 2.35. The molecule has 1 aromatic rings. The zero-order chi connectivity index (χ0) is 16.2. The first-order valence-corrected chi connectivity index (χ1v) is 8.21. The van der Waals surface area contributed by atoms with E-state index in [-0.39, 0.29) is 16.5 Å². The quantitative estimate of drug-likeness (QED) is 0.823. The lowest BCUT2D eigenvalue weighted by molar-refractivity contribution is -0.119. The van der Waals surface area contributed by atoms with Crippen LogP contribution in [0.1, 0.15) is 36.7 Å². The molecule has 0 radical (unpaired) electrons. The predicted octanol–water partition coefficient (Wildman–Crippen LogP) is 1.25. The van der Waals surface area contributed by atoms with Crippen molar-refractivity contribution in [2.24, 2.45) is 0 Å². The molecule has 0 unspecified atom stereocenters. The number of rotatable bonds is 6. The van der Waals surface area contributed by atoms with Crippen molar-refractivity contribution in [1.82, 2.24) is 5.32 Å². The molecule has 0 fully saturated rings. The molecule has 0 saturated heterocycles. The third-order valence-electron chi connectivity index (χ3n) is 2.82. The summed E-state index contributed by atoms with van der Waals surface area (Å²) >= 11 is 0. The van der Waals surface area contributed by atoms with Gasteiger partial charge in [0.1, 0.15) is 5.75 Å². The Hall–Kier alpha value is -1.89. The summed E-state index contributed by atoms with van der Waals surface area (Å²) in [5.74, 6) is -2.49. The van der Waals surface area contributed by atoms with Crippen molar-refractivity contribution in [3.63, 3.8) is 0 Å². The highest BCUT2D eigenvalue weighted by Crippen LogP contribution is 2.18. The summed E-state index contributed by atoms with van der Waals surface area (Å²) in [5.41, 5.74) is 0.496. The fourth-order valence-electron chi connectivity index (χ4n) is 1.88. The van der Waals surface area contributed by atoms with Crippen LogP contribution in [0, 0.1) is 0 Å². The van der Waals surface area contributed by atoms with E-state index in [1.165, 1.54) is 12.1 Å². The fourth-order valence-corrected chi connectivity index (χ4v) is 3.04. The molecule has 7 heteroatoms. The van der Waals surface area contributed by atoms with Crippen molar-refractivity contribution >= 4 is 21.7 Å². The minimum Gasteiger partial charge on any atom is -0.478 e. The average molecular weight is 313 g/mol. The van der Waals surface area contributed by atoms with E-state index in [0.29, 0.717) is 12.0 Å². The van der Waals surface area contributed by atoms with Crippen LogP contribution in [0.3, 0.4) is 0 Å². The van der Waals surface area contributed by atoms with Gasteiger partial charge in [-0.1, -0.05) is 13.0 Å². The molecule has 0 aliphatic rings. The van der Waals surface area contributed by atoms with Gasteiger partial charge >= 0.3 is 5.97 Å². The molecule has 116 valence electrons. The molecule has 0 aromatic heterocycles. The number of aryl methyl sites for hydroxylation is 1. The van der Waals surface area contributed by atoms with Crippen LogP contribution >= 0.6 is 0 Å². The second-order valence-electron chi connectivity index (χ2n) is 4.96. The predicted molar refractivity (Wildman–Crippen MR) is 78.1 cm³/mol. The Morgan fingerprint density at radius 1 is 1.29 bits per heavy atom. The number of carboxylic acids is 1. The highest BCUT2D eigenvalue weighted by molar-refractivity contribution is 7.92. The summed E-state index contributed by atoms with van der Waals surface area (Å²) < 4.78 is 24.3. The van der Waals surface area contributed by atoms with Gasteiger partial charge in [0.15, 0.2) is 9.84 Å². The van der Waals surface area contributed by atoms with Gasteiger partial charge in [-0.2, -0.15) is 0 Å². The van der Waals surface area contributed by atoms with E-state index in [2.05, 4.69) is 5.32 Å². The molecule has 21 heavy (non-hydrogen) atoms. The second-order valence-corrected chi connectivity index (χ2v) is 6.95. The Morgan fingerprint density at radius 2 is 1.90 bits per heavy atom. The summed E-state index contributed by atoms with van der Waals surface area (Å²) in [6.07, 6.45) is 0.482. The Morgan fingerprint density at radius 3 is 2.38 bits per heavy atom. The van der Waals surface area contributed by atoms with Gasteiger partial charge in [0, 0.05) is 6.04 Å². The number of hydrogen-bond acceptors (Lipinski definition) is 4. The van der Waals surface area contributed by atoms with Crippen LogP contribution in [-0.2, 0) is 21.1 Å². The van der Waals surface area contributed by atoms with Gasteiger partial charge in [0.05, 0.1) is 10.5 Å². The first-order chi connectivity index (χ1) is 9.67. The molecule has 0 aliphatic carbocycles. The number of carbonyl (C=O) groups excluding carboxylic acids is 1. The molecule has 1 amide bonds. The number of aromatic carboxylic acids is 1. The van der Waals surface area contributed by atoms with Gasteiger partial charge in [-0.25, -0.2) is 13.2 Å². The number of carboxylic acid groups (broad SMARTS) is 1. The molecule has 1 rings (SSSR count). The molecule has 0 heterocycles. The topological polar surface area (TPSA) is 101 Å². The maximum absolute atomic E-state index is 12.1. The zero-order valence-electron chi connectivity index (χ0n) is 12.2. The molecular formula is C14H19NO5S. The van der Waals surface area contributed by atoms with E-state index in [1.807, 2.05) is 0 Å².